The Kier molecular flexibility index (Phi) is 5.70. The summed E-state index contributed by atoms with van der Waals surface area (Å²) in [6.45, 7) is 0.502. The van der Waals surface area contributed by atoms with Crippen molar-refractivity contribution in [3.63, 3.8) is 0 Å². The first-order valence-electron chi connectivity index (χ1n) is 7.81. The van der Waals surface area contributed by atoms with E-state index in [2.05, 4.69) is 15.0 Å². The Morgan fingerprint density at radius 1 is 1.30 bits per heavy atom. The van der Waals surface area contributed by atoms with Crippen LogP contribution < -0.4 is 15.6 Å². The lowest BCUT2D eigenvalue weighted by Gasteiger charge is -2.19. The summed E-state index contributed by atoms with van der Waals surface area (Å²) in [5, 5.41) is 2.98. The van der Waals surface area contributed by atoms with Gasteiger partial charge >= 0.3 is 6.18 Å². The van der Waals surface area contributed by atoms with E-state index in [1.807, 2.05) is 6.92 Å². The first-order chi connectivity index (χ1) is 12.8. The number of hydrogen-bond acceptors (Lipinski definition) is 6. The second-order valence-electron chi connectivity index (χ2n) is 5.38. The van der Waals surface area contributed by atoms with E-state index in [9.17, 15) is 22.8 Å². The molecule has 1 aromatic heterocycles. The summed E-state index contributed by atoms with van der Waals surface area (Å²) in [6.07, 6.45) is -4.43. The number of ether oxygens (including phenoxy) is 1. The molecular weight excluding hydrogens is 403 g/mol. The molecule has 0 fully saturated rings. The average molecular weight is 417 g/mol. The van der Waals surface area contributed by atoms with Gasteiger partial charge in [-0.1, -0.05) is 18.7 Å². The van der Waals surface area contributed by atoms with E-state index in [4.69, 9.17) is 0 Å². The summed E-state index contributed by atoms with van der Waals surface area (Å²) < 4.78 is 42.8. The maximum absolute atomic E-state index is 12.9. The Bertz CT molecular complexity index is 914. The maximum atomic E-state index is 12.9. The minimum absolute atomic E-state index is 0.0429. The first kappa shape index (κ1) is 19.6. The maximum Gasteiger partial charge on any atom is 0.422 e. The van der Waals surface area contributed by atoms with E-state index >= 15 is 0 Å². The average Bonchev–Trinajstić information content (AvgIpc) is 2.60. The van der Waals surface area contributed by atoms with Crippen molar-refractivity contribution in [2.45, 2.75) is 23.2 Å². The molecule has 1 aromatic carbocycles. The second kappa shape index (κ2) is 7.85. The van der Waals surface area contributed by atoms with Crippen LogP contribution in [0.1, 0.15) is 6.92 Å². The van der Waals surface area contributed by atoms with E-state index in [-0.39, 0.29) is 28.8 Å². The quantitative estimate of drug-likeness (QED) is 0.594. The van der Waals surface area contributed by atoms with Crippen molar-refractivity contribution in [3.05, 3.63) is 34.6 Å². The summed E-state index contributed by atoms with van der Waals surface area (Å²) >= 11 is 2.42. The molecule has 2 heterocycles. The lowest BCUT2D eigenvalue weighted by atomic mass is 10.3. The van der Waals surface area contributed by atoms with Crippen molar-refractivity contribution in [2.75, 3.05) is 23.4 Å². The molecule has 0 saturated carbocycles. The van der Waals surface area contributed by atoms with E-state index in [1.165, 1.54) is 40.6 Å². The number of carbonyl (C=O) groups excluding carboxylic acids is 1. The zero-order valence-corrected chi connectivity index (χ0v) is 15.6. The molecule has 0 spiro atoms. The van der Waals surface area contributed by atoms with Crippen LogP contribution in [-0.2, 0) is 4.79 Å². The van der Waals surface area contributed by atoms with Gasteiger partial charge in [0.05, 0.1) is 11.4 Å². The normalized spacial score (nSPS) is 13.9. The van der Waals surface area contributed by atoms with Crippen LogP contribution in [0.3, 0.4) is 0 Å². The van der Waals surface area contributed by atoms with E-state index in [1.54, 1.807) is 0 Å². The van der Waals surface area contributed by atoms with Crippen molar-refractivity contribution >= 4 is 35.2 Å². The fourth-order valence-corrected chi connectivity index (χ4v) is 3.84. The molecule has 11 heteroatoms. The molecule has 0 atom stereocenters. The molecule has 144 valence electrons. The van der Waals surface area contributed by atoms with Crippen LogP contribution in [-0.4, -0.2) is 39.7 Å². The van der Waals surface area contributed by atoms with E-state index in [0.717, 1.165) is 11.8 Å². The zero-order chi connectivity index (χ0) is 19.6. The Morgan fingerprint density at radius 3 is 2.63 bits per heavy atom. The third kappa shape index (κ3) is 4.59. The van der Waals surface area contributed by atoms with Crippen molar-refractivity contribution in [1.29, 1.82) is 0 Å². The Morgan fingerprint density at radius 2 is 2.00 bits per heavy atom. The van der Waals surface area contributed by atoms with Gasteiger partial charge in [-0.2, -0.15) is 13.2 Å². The highest BCUT2D eigenvalue weighted by atomic mass is 32.2. The van der Waals surface area contributed by atoms with Crippen molar-refractivity contribution in [2.24, 2.45) is 0 Å². The topological polar surface area (TPSA) is 73.2 Å². The highest BCUT2D eigenvalue weighted by Gasteiger charge is 2.28. The zero-order valence-electron chi connectivity index (χ0n) is 14.0. The third-order valence-corrected chi connectivity index (χ3v) is 5.27. The highest BCUT2D eigenvalue weighted by molar-refractivity contribution is 8.00. The van der Waals surface area contributed by atoms with Gasteiger partial charge in [-0.05, 0) is 30.0 Å². The summed E-state index contributed by atoms with van der Waals surface area (Å²) in [5.41, 5.74) is 0.105. The first-order valence-corrected chi connectivity index (χ1v) is 9.78. The molecule has 27 heavy (non-hydrogen) atoms. The van der Waals surface area contributed by atoms with Crippen LogP contribution in [0.4, 0.5) is 19.0 Å². The number of alkyl halides is 3. The van der Waals surface area contributed by atoms with Gasteiger partial charge < -0.3 is 10.1 Å². The van der Waals surface area contributed by atoms with Gasteiger partial charge in [-0.25, -0.2) is 4.98 Å². The van der Waals surface area contributed by atoms with Gasteiger partial charge in [-0.3, -0.25) is 14.2 Å². The smallest absolute Gasteiger partial charge is 0.422 e. The minimum atomic E-state index is -4.43. The molecule has 2 aromatic rings. The number of fused-ring (bicyclic) bond motifs is 1. The van der Waals surface area contributed by atoms with Crippen molar-refractivity contribution in [1.82, 2.24) is 9.55 Å². The summed E-state index contributed by atoms with van der Waals surface area (Å²) in [6, 6.07) is 5.71. The molecule has 1 amide bonds. The number of benzene rings is 1. The molecule has 0 unspecified atom stereocenters. The predicted octanol–water partition coefficient (Wildman–Crippen LogP) is 3.33. The lowest BCUT2D eigenvalue weighted by Crippen LogP contribution is -2.30. The summed E-state index contributed by atoms with van der Waals surface area (Å²) in [5.74, 6) is 0.809. The van der Waals surface area contributed by atoms with Crippen LogP contribution >= 0.6 is 23.5 Å². The monoisotopic (exact) mass is 417 g/mol. The summed E-state index contributed by atoms with van der Waals surface area (Å²) in [4.78, 5) is 29.2. The molecule has 1 aliphatic rings. The number of carbonyl (C=O) groups is 1. The fraction of sp³-hybridized carbons (Fsp3) is 0.312. The standard InChI is InChI=1S/C16H14F3N3O3S2/c1-2-26-15-21-13-12(27-7-11(23)20-13)14(24)22(15)9-3-5-10(6-4-9)25-8-16(17,18)19/h3-6H,2,7-8H2,1H3,(H,20,23). The van der Waals surface area contributed by atoms with Crippen molar-refractivity contribution in [3.8, 4) is 11.4 Å². The number of aromatic nitrogens is 2. The number of thioether (sulfide) groups is 2. The number of nitrogens with one attached hydrogen (secondary N) is 1. The summed E-state index contributed by atoms with van der Waals surface area (Å²) in [7, 11) is 0. The number of hydrogen-bond donors (Lipinski definition) is 1. The molecule has 6 nitrogen and oxygen atoms in total. The number of nitrogens with zero attached hydrogens (tertiary/aromatic N) is 2. The predicted molar refractivity (Wildman–Crippen MR) is 97.1 cm³/mol. The van der Waals surface area contributed by atoms with E-state index in [0.29, 0.717) is 21.5 Å². The van der Waals surface area contributed by atoms with Gasteiger partial charge in [-0.15, -0.1) is 11.8 Å². The van der Waals surface area contributed by atoms with Crippen molar-refractivity contribution < 1.29 is 22.7 Å². The van der Waals surface area contributed by atoms with E-state index < -0.39 is 12.8 Å². The molecule has 1 N–H and O–H groups in total. The second-order valence-corrected chi connectivity index (χ2v) is 7.60. The molecule has 1 aliphatic heterocycles. The number of halogens is 3. The van der Waals surface area contributed by atoms with Crippen LogP contribution in [0.15, 0.2) is 39.1 Å². The molecule has 3 rings (SSSR count). The van der Waals surface area contributed by atoms with Gasteiger partial charge in [0.2, 0.25) is 5.91 Å². The van der Waals surface area contributed by atoms with Crippen LogP contribution in [0.25, 0.3) is 5.69 Å². The van der Waals surface area contributed by atoms with Crippen LogP contribution in [0.2, 0.25) is 0 Å². The molecule has 0 aliphatic carbocycles. The minimum Gasteiger partial charge on any atom is -0.484 e. The van der Waals surface area contributed by atoms with Gasteiger partial charge in [0.25, 0.3) is 5.56 Å². The number of amides is 1. The van der Waals surface area contributed by atoms with Gasteiger partial charge in [0.1, 0.15) is 10.6 Å². The number of rotatable bonds is 5. The van der Waals surface area contributed by atoms with Crippen LogP contribution in [0, 0.1) is 0 Å². The fourth-order valence-electron chi connectivity index (χ4n) is 2.32. The molecular formula is C16H14F3N3O3S2. The Labute approximate surface area is 160 Å². The largest absolute Gasteiger partial charge is 0.484 e. The molecule has 0 bridgehead atoms. The molecule has 0 saturated heterocycles. The SMILES string of the molecule is CCSc1nc2c(c(=O)n1-c1ccc(OCC(F)(F)F)cc1)SCC(=O)N2. The van der Waals surface area contributed by atoms with Crippen LogP contribution in [0.5, 0.6) is 5.75 Å². The van der Waals surface area contributed by atoms with Gasteiger partial charge in [0, 0.05) is 0 Å². The Balaban J connectivity index is 1.98. The molecule has 0 radical (unpaired) electrons. The third-order valence-electron chi connectivity index (χ3n) is 3.39. The van der Waals surface area contributed by atoms with Gasteiger partial charge in [0.15, 0.2) is 17.6 Å². The lowest BCUT2D eigenvalue weighted by molar-refractivity contribution is -0.153. The Hall–Kier alpha value is -2.14. The number of anilines is 1. The highest BCUT2D eigenvalue weighted by Crippen LogP contribution is 2.30.